The van der Waals surface area contributed by atoms with Crippen molar-refractivity contribution in [3.05, 3.63) is 46.6 Å². The van der Waals surface area contributed by atoms with E-state index in [0.717, 1.165) is 24.0 Å². The SMILES string of the molecule is CCN1CCc2cc(Nc3ncc(Cl)c(N[C@@H]4[C@H](C(N)=O)[C@H]5C=C[C@@H]4C5)n3)c(OC)cc2CC1=O. The van der Waals surface area contributed by atoms with Gasteiger partial charge in [-0.25, -0.2) is 4.98 Å². The van der Waals surface area contributed by atoms with E-state index < -0.39 is 0 Å². The van der Waals surface area contributed by atoms with E-state index in [4.69, 9.17) is 22.1 Å². The molecule has 0 radical (unpaired) electrons. The van der Waals surface area contributed by atoms with Crippen LogP contribution in [-0.2, 0) is 22.4 Å². The van der Waals surface area contributed by atoms with Gasteiger partial charge in [-0.2, -0.15) is 4.98 Å². The van der Waals surface area contributed by atoms with Crippen LogP contribution in [0.5, 0.6) is 5.75 Å². The lowest BCUT2D eigenvalue weighted by Crippen LogP contribution is -2.41. The molecule has 2 bridgehead atoms. The van der Waals surface area contributed by atoms with E-state index >= 15 is 0 Å². The summed E-state index contributed by atoms with van der Waals surface area (Å²) >= 11 is 6.41. The van der Waals surface area contributed by atoms with Crippen LogP contribution in [0.1, 0.15) is 24.5 Å². The minimum Gasteiger partial charge on any atom is -0.495 e. The van der Waals surface area contributed by atoms with Gasteiger partial charge in [0.1, 0.15) is 10.8 Å². The van der Waals surface area contributed by atoms with Gasteiger partial charge in [0.2, 0.25) is 17.8 Å². The van der Waals surface area contributed by atoms with Gasteiger partial charge in [0, 0.05) is 19.1 Å². The zero-order valence-electron chi connectivity index (χ0n) is 19.8. The molecule has 10 heteroatoms. The van der Waals surface area contributed by atoms with Crippen LogP contribution in [-0.4, -0.2) is 52.9 Å². The molecule has 2 aromatic rings. The van der Waals surface area contributed by atoms with Crippen LogP contribution in [0.15, 0.2) is 30.5 Å². The zero-order chi connectivity index (χ0) is 24.7. The highest BCUT2D eigenvalue weighted by atomic mass is 35.5. The molecule has 0 unspecified atom stereocenters. The smallest absolute Gasteiger partial charge is 0.229 e. The number of carbonyl (C=O) groups excluding carboxylic acids is 2. The fraction of sp³-hybridized carbons (Fsp3) is 0.440. The number of anilines is 3. The predicted octanol–water partition coefficient (Wildman–Crippen LogP) is 2.92. The number of benzene rings is 1. The van der Waals surface area contributed by atoms with Crippen LogP contribution in [0.2, 0.25) is 5.02 Å². The van der Waals surface area contributed by atoms with E-state index in [9.17, 15) is 9.59 Å². The molecule has 1 fully saturated rings. The second-order valence-corrected chi connectivity index (χ2v) is 9.69. The quantitative estimate of drug-likeness (QED) is 0.503. The van der Waals surface area contributed by atoms with Gasteiger partial charge in [-0.3, -0.25) is 9.59 Å². The summed E-state index contributed by atoms with van der Waals surface area (Å²) in [5.41, 5.74) is 8.45. The topological polar surface area (TPSA) is 122 Å². The van der Waals surface area contributed by atoms with Crippen molar-refractivity contribution in [1.29, 1.82) is 0 Å². The van der Waals surface area contributed by atoms with Crippen LogP contribution in [0.3, 0.4) is 0 Å². The number of methoxy groups -OCH3 is 1. The summed E-state index contributed by atoms with van der Waals surface area (Å²) in [5, 5.41) is 6.95. The Labute approximate surface area is 209 Å². The van der Waals surface area contributed by atoms with E-state index in [1.54, 1.807) is 7.11 Å². The van der Waals surface area contributed by atoms with Crippen molar-refractivity contribution in [2.24, 2.45) is 23.5 Å². The summed E-state index contributed by atoms with van der Waals surface area (Å²) in [6.07, 6.45) is 7.73. The molecule has 35 heavy (non-hydrogen) atoms. The van der Waals surface area contributed by atoms with Crippen LogP contribution >= 0.6 is 11.6 Å². The normalized spacial score (nSPS) is 24.8. The Morgan fingerprint density at radius 3 is 2.83 bits per heavy atom. The Hall–Kier alpha value is -3.33. The fourth-order valence-electron chi connectivity index (χ4n) is 5.53. The number of nitrogens with two attached hydrogens (primary N) is 1. The highest BCUT2D eigenvalue weighted by Crippen LogP contribution is 2.45. The van der Waals surface area contributed by atoms with Crippen LogP contribution in [0.25, 0.3) is 0 Å². The lowest BCUT2D eigenvalue weighted by atomic mass is 9.88. The zero-order valence-corrected chi connectivity index (χ0v) is 20.5. The molecule has 2 amide bonds. The number of carbonyl (C=O) groups is 2. The Kier molecular flexibility index (Phi) is 6.27. The van der Waals surface area contributed by atoms with E-state index in [0.29, 0.717) is 47.7 Å². The second-order valence-electron chi connectivity index (χ2n) is 9.28. The van der Waals surface area contributed by atoms with Crippen LogP contribution in [0.4, 0.5) is 17.5 Å². The van der Waals surface area contributed by atoms with Gasteiger partial charge >= 0.3 is 0 Å². The molecular weight excluding hydrogens is 468 g/mol. The first-order valence-electron chi connectivity index (χ1n) is 11.9. The average molecular weight is 497 g/mol. The average Bonchev–Trinajstić information content (AvgIpc) is 3.40. The van der Waals surface area contributed by atoms with Crippen LogP contribution < -0.4 is 21.1 Å². The maximum Gasteiger partial charge on any atom is 0.229 e. The summed E-state index contributed by atoms with van der Waals surface area (Å²) in [7, 11) is 1.59. The maximum atomic E-state index is 12.5. The summed E-state index contributed by atoms with van der Waals surface area (Å²) in [6.45, 7) is 3.36. The number of hydrogen-bond acceptors (Lipinski definition) is 7. The molecule has 1 aromatic heterocycles. The van der Waals surface area contributed by atoms with Crippen molar-refractivity contribution in [2.75, 3.05) is 30.8 Å². The van der Waals surface area contributed by atoms with Gasteiger partial charge in [-0.1, -0.05) is 23.8 Å². The summed E-state index contributed by atoms with van der Waals surface area (Å²) in [6, 6.07) is 3.74. The number of nitrogens with zero attached hydrogens (tertiary/aromatic N) is 3. The van der Waals surface area contributed by atoms with Crippen molar-refractivity contribution in [3.63, 3.8) is 0 Å². The van der Waals surface area contributed by atoms with Gasteiger partial charge in [0.15, 0.2) is 5.82 Å². The van der Waals surface area contributed by atoms with Gasteiger partial charge in [0.05, 0.1) is 31.3 Å². The molecule has 4 atom stereocenters. The largest absolute Gasteiger partial charge is 0.495 e. The Balaban J connectivity index is 1.40. The molecule has 3 aliphatic rings. The number of primary amides is 1. The van der Waals surface area contributed by atoms with Crippen LogP contribution in [0, 0.1) is 17.8 Å². The molecule has 9 nitrogen and oxygen atoms in total. The molecule has 1 aromatic carbocycles. The van der Waals surface area contributed by atoms with Gasteiger partial charge in [0.25, 0.3) is 0 Å². The van der Waals surface area contributed by atoms with Gasteiger partial charge in [-0.05, 0) is 54.9 Å². The van der Waals surface area contributed by atoms with E-state index in [1.165, 1.54) is 6.20 Å². The van der Waals surface area contributed by atoms with Crippen molar-refractivity contribution in [1.82, 2.24) is 14.9 Å². The number of hydrogen-bond donors (Lipinski definition) is 3. The van der Waals surface area contributed by atoms with Gasteiger partial charge < -0.3 is 26.0 Å². The highest BCUT2D eigenvalue weighted by Gasteiger charge is 2.47. The second kappa shape index (κ2) is 9.37. The highest BCUT2D eigenvalue weighted by molar-refractivity contribution is 6.32. The van der Waals surface area contributed by atoms with Crippen molar-refractivity contribution in [3.8, 4) is 5.75 Å². The number of fused-ring (bicyclic) bond motifs is 3. The lowest BCUT2D eigenvalue weighted by Gasteiger charge is -2.27. The molecule has 4 N–H and O–H groups in total. The van der Waals surface area contributed by atoms with E-state index in [1.807, 2.05) is 24.0 Å². The lowest BCUT2D eigenvalue weighted by molar-refractivity contribution is -0.130. The number of allylic oxidation sites excluding steroid dienone is 1. The molecule has 0 saturated heterocycles. The van der Waals surface area contributed by atoms with Gasteiger partial charge in [-0.15, -0.1) is 0 Å². The third-order valence-electron chi connectivity index (χ3n) is 7.33. The number of halogens is 1. The molecule has 0 spiro atoms. The number of ether oxygens (including phenoxy) is 1. The number of nitrogens with one attached hydrogen (secondary N) is 2. The van der Waals surface area contributed by atoms with E-state index in [-0.39, 0.29) is 35.6 Å². The van der Waals surface area contributed by atoms with E-state index in [2.05, 4.69) is 32.8 Å². The van der Waals surface area contributed by atoms with Crippen molar-refractivity contribution in [2.45, 2.75) is 32.2 Å². The standard InChI is InChI=1S/C25H29ClN6O3/c1-3-32-7-6-13-9-18(19(35-2)10-16(13)11-20(32)33)29-25-28-12-17(26)24(31-25)30-22-15-5-4-14(8-15)21(22)23(27)34/h4-5,9-10,12,14-15,21-22H,3,6-8,11H2,1-2H3,(H2,27,34)(H2,28,29,30,31)/t14-,15+,21+,22-/m0/s1. The third-order valence-corrected chi connectivity index (χ3v) is 7.61. The van der Waals surface area contributed by atoms with Crippen molar-refractivity contribution < 1.29 is 14.3 Å². The van der Waals surface area contributed by atoms with Crippen molar-refractivity contribution >= 4 is 40.9 Å². The molecule has 1 aliphatic heterocycles. The minimum absolute atomic E-state index is 0.121. The maximum absolute atomic E-state index is 12.5. The Morgan fingerprint density at radius 2 is 2.09 bits per heavy atom. The molecule has 184 valence electrons. The number of amides is 2. The first-order valence-corrected chi connectivity index (χ1v) is 12.3. The third kappa shape index (κ3) is 4.40. The molecule has 2 aliphatic carbocycles. The number of likely N-dealkylation sites (N-methyl/N-ethyl adjacent to an activating group) is 1. The Bertz CT molecular complexity index is 1200. The molecule has 2 heterocycles. The molecular formula is C25H29ClN6O3. The summed E-state index contributed by atoms with van der Waals surface area (Å²) in [5.74, 6) is 1.23. The fourth-order valence-corrected chi connectivity index (χ4v) is 5.68. The molecule has 5 rings (SSSR count). The number of aromatic nitrogens is 2. The number of rotatable bonds is 7. The Morgan fingerprint density at radius 1 is 1.29 bits per heavy atom. The first kappa shape index (κ1) is 23.4. The predicted molar refractivity (Wildman–Crippen MR) is 134 cm³/mol. The first-order chi connectivity index (χ1) is 16.9. The monoisotopic (exact) mass is 496 g/mol. The summed E-state index contributed by atoms with van der Waals surface area (Å²) in [4.78, 5) is 35.4. The summed E-state index contributed by atoms with van der Waals surface area (Å²) < 4.78 is 5.60. The minimum atomic E-state index is -0.322. The molecule has 1 saturated carbocycles.